The maximum Gasteiger partial charge on any atom is 0.369 e. The molecule has 0 saturated carbocycles. The molecule has 0 spiro atoms. The van der Waals surface area contributed by atoms with Crippen molar-refractivity contribution in [3.05, 3.63) is 192 Å². The van der Waals surface area contributed by atoms with Gasteiger partial charge in [-0.1, -0.05) is 127 Å². The lowest BCUT2D eigenvalue weighted by Crippen LogP contribution is -2.02. The Balaban J connectivity index is 1.46. The fourth-order valence-corrected chi connectivity index (χ4v) is 6.01. The molecule has 0 unspecified atom stereocenters. The molecule has 0 amide bonds. The first kappa shape index (κ1) is 25.0. The Hall–Kier alpha value is -5.73. The Bertz CT molecular complexity index is 2000. The highest BCUT2D eigenvalue weighted by Gasteiger charge is 2.39. The van der Waals surface area contributed by atoms with Gasteiger partial charge in [0.1, 0.15) is 11.5 Å². The quantitative estimate of drug-likeness (QED) is 0.203. The van der Waals surface area contributed by atoms with E-state index < -0.39 is 0 Å². The van der Waals surface area contributed by atoms with E-state index >= 15 is 0 Å². The Morgan fingerprint density at radius 3 is 1.44 bits per heavy atom. The maximum atomic E-state index is 6.83. The Morgan fingerprint density at radius 2 is 0.884 bits per heavy atom. The minimum atomic E-state index is 0.814. The van der Waals surface area contributed by atoms with Crippen molar-refractivity contribution in [1.82, 2.24) is 0 Å². The summed E-state index contributed by atoms with van der Waals surface area (Å²) in [7, 11) is 0. The normalized spacial score (nSPS) is 13.5. The Kier molecular flexibility index (Phi) is 6.16. The van der Waals surface area contributed by atoms with Gasteiger partial charge in [-0.2, -0.15) is 0 Å². The van der Waals surface area contributed by atoms with Crippen molar-refractivity contribution in [3.63, 3.8) is 0 Å². The van der Waals surface area contributed by atoms with Crippen LogP contribution >= 0.6 is 0 Å². The lowest BCUT2D eigenvalue weighted by atomic mass is 9.90. The van der Waals surface area contributed by atoms with Gasteiger partial charge in [-0.3, -0.25) is 0 Å². The first-order valence-electron chi connectivity index (χ1n) is 14.5. The van der Waals surface area contributed by atoms with Crippen LogP contribution in [0, 0.1) is 0 Å². The fourth-order valence-electron chi connectivity index (χ4n) is 6.01. The van der Waals surface area contributed by atoms with Crippen LogP contribution in [0.3, 0.4) is 0 Å². The van der Waals surface area contributed by atoms with Crippen molar-refractivity contribution in [1.29, 1.82) is 0 Å². The average Bonchev–Trinajstić information content (AvgIpc) is 3.44. The maximum absolute atomic E-state index is 6.83. The van der Waals surface area contributed by atoms with Gasteiger partial charge in [0.05, 0.1) is 22.8 Å². The third-order valence-corrected chi connectivity index (χ3v) is 8.02. The van der Waals surface area contributed by atoms with Crippen LogP contribution < -0.4 is 0 Å². The second-order valence-corrected chi connectivity index (χ2v) is 10.7. The highest BCUT2D eigenvalue weighted by Crippen LogP contribution is 2.52. The smallest absolute Gasteiger partial charge is 0.369 e. The summed E-state index contributed by atoms with van der Waals surface area (Å²) in [5.74, 6) is 3.35. The first-order valence-corrected chi connectivity index (χ1v) is 14.5. The van der Waals surface area contributed by atoms with Gasteiger partial charge >= 0.3 is 11.5 Å². The van der Waals surface area contributed by atoms with E-state index in [1.54, 1.807) is 0 Å². The van der Waals surface area contributed by atoms with Crippen LogP contribution in [-0.2, 0) is 4.74 Å². The summed E-state index contributed by atoms with van der Waals surface area (Å²) in [5, 5.41) is 0. The molecular weight excluding hydrogens is 524 g/mol. The van der Waals surface area contributed by atoms with Crippen LogP contribution in [0.4, 0.5) is 0 Å². The molecule has 0 atom stereocenters. The van der Waals surface area contributed by atoms with Crippen molar-refractivity contribution >= 4 is 17.1 Å². The van der Waals surface area contributed by atoms with Crippen LogP contribution in [0.1, 0.15) is 22.3 Å². The highest BCUT2D eigenvalue weighted by molar-refractivity contribution is 6.07. The zero-order valence-corrected chi connectivity index (χ0v) is 23.4. The predicted molar refractivity (Wildman–Crippen MR) is 175 cm³/mol. The third kappa shape index (κ3) is 4.50. The monoisotopic (exact) mass is 551 g/mol. The summed E-state index contributed by atoms with van der Waals surface area (Å²) in [6.07, 6.45) is 4.34. The standard InChI is InChI=1S/C41H27O2/c1-5-15-28(16-6-1)35-27-38(31-21-11-4-12-22-31)43-41-34-24-14-13-23-33(34)39(40(35)41)32-25-36(29-17-7-2-8-18-29)42-37(26-32)30-19-9-3-10-20-30/h1-27H/q+1. The molecule has 6 aromatic rings. The molecule has 5 aromatic carbocycles. The van der Waals surface area contributed by atoms with Gasteiger partial charge < -0.3 is 4.74 Å². The highest BCUT2D eigenvalue weighted by atomic mass is 16.5. The summed E-state index contributed by atoms with van der Waals surface area (Å²) in [4.78, 5) is 0. The Morgan fingerprint density at radius 1 is 0.419 bits per heavy atom. The molecule has 2 heteroatoms. The third-order valence-electron chi connectivity index (χ3n) is 8.02. The number of ether oxygens (including phenoxy) is 1. The minimum Gasteiger partial charge on any atom is -0.456 e. The van der Waals surface area contributed by atoms with E-state index in [1.165, 1.54) is 0 Å². The van der Waals surface area contributed by atoms with E-state index in [4.69, 9.17) is 9.15 Å². The number of rotatable bonds is 4. The Labute approximate surface area is 251 Å². The molecule has 0 N–H and O–H groups in total. The lowest BCUT2D eigenvalue weighted by Gasteiger charge is -2.21. The van der Waals surface area contributed by atoms with Crippen molar-refractivity contribution < 1.29 is 9.15 Å². The van der Waals surface area contributed by atoms with E-state index in [9.17, 15) is 0 Å². The number of hydrogen-bond donors (Lipinski definition) is 0. The summed E-state index contributed by atoms with van der Waals surface area (Å²) in [5.41, 5.74) is 10.9. The molecule has 0 radical (unpaired) electrons. The van der Waals surface area contributed by atoms with Gasteiger partial charge in [-0.25, -0.2) is 4.42 Å². The molecule has 2 aliphatic rings. The minimum absolute atomic E-state index is 0.814. The summed E-state index contributed by atoms with van der Waals surface area (Å²) < 4.78 is 13.4. The van der Waals surface area contributed by atoms with E-state index in [2.05, 4.69) is 121 Å². The van der Waals surface area contributed by atoms with Crippen LogP contribution in [0.5, 0.6) is 0 Å². The molecule has 0 saturated heterocycles. The van der Waals surface area contributed by atoms with Gasteiger partial charge in [0, 0.05) is 27.8 Å². The van der Waals surface area contributed by atoms with Crippen molar-refractivity contribution in [2.24, 2.45) is 0 Å². The molecular formula is C41H27O2+. The van der Waals surface area contributed by atoms with Gasteiger partial charge in [-0.15, -0.1) is 0 Å². The molecule has 8 rings (SSSR count). The van der Waals surface area contributed by atoms with Gasteiger partial charge in [-0.05, 0) is 41.5 Å². The van der Waals surface area contributed by atoms with Crippen molar-refractivity contribution in [2.75, 3.05) is 0 Å². The van der Waals surface area contributed by atoms with E-state index in [0.29, 0.717) is 0 Å². The van der Waals surface area contributed by atoms with E-state index in [1.807, 2.05) is 42.5 Å². The van der Waals surface area contributed by atoms with Gasteiger partial charge in [0.25, 0.3) is 0 Å². The SMILES string of the molecule is C1=C(c2ccccc2)OC(c2ccccc2)=CC1=C1c2ccccc2-c2[o+]c(-c3ccccc3)cc(-c3ccccc3)c21. The summed E-state index contributed by atoms with van der Waals surface area (Å²) >= 11 is 0. The number of fused-ring (bicyclic) bond motifs is 3. The molecule has 2 heterocycles. The average molecular weight is 552 g/mol. The van der Waals surface area contributed by atoms with Crippen molar-refractivity contribution in [2.45, 2.75) is 0 Å². The fraction of sp³-hybridized carbons (Fsp3) is 0. The molecule has 1 aromatic heterocycles. The molecule has 202 valence electrons. The van der Waals surface area contributed by atoms with Crippen LogP contribution in [-0.4, -0.2) is 0 Å². The zero-order valence-electron chi connectivity index (χ0n) is 23.4. The number of hydrogen-bond acceptors (Lipinski definition) is 1. The predicted octanol–water partition coefficient (Wildman–Crippen LogP) is 10.8. The topological polar surface area (TPSA) is 20.5 Å². The molecule has 0 bridgehead atoms. The summed E-state index contributed by atoms with van der Waals surface area (Å²) in [6, 6.07) is 52.3. The second kappa shape index (κ2) is 10.6. The second-order valence-electron chi connectivity index (χ2n) is 10.7. The van der Waals surface area contributed by atoms with Gasteiger partial charge in [0.2, 0.25) is 0 Å². The van der Waals surface area contributed by atoms with Crippen molar-refractivity contribution in [3.8, 4) is 33.8 Å². The van der Waals surface area contributed by atoms with Crippen LogP contribution in [0.2, 0.25) is 0 Å². The largest absolute Gasteiger partial charge is 0.456 e. The zero-order chi connectivity index (χ0) is 28.6. The van der Waals surface area contributed by atoms with E-state index in [-0.39, 0.29) is 0 Å². The molecule has 1 aliphatic heterocycles. The number of allylic oxidation sites excluding steroid dienone is 3. The molecule has 0 fully saturated rings. The molecule has 1 aliphatic carbocycles. The molecule has 2 nitrogen and oxygen atoms in total. The van der Waals surface area contributed by atoms with Gasteiger partial charge in [0.15, 0.2) is 0 Å². The van der Waals surface area contributed by atoms with Crippen LogP contribution in [0.25, 0.3) is 50.9 Å². The van der Waals surface area contributed by atoms with E-state index in [0.717, 1.165) is 78.7 Å². The first-order chi connectivity index (χ1) is 21.3. The molecule has 43 heavy (non-hydrogen) atoms. The number of benzene rings is 5. The van der Waals surface area contributed by atoms with Crippen LogP contribution in [0.15, 0.2) is 174 Å². The lowest BCUT2D eigenvalue weighted by molar-refractivity contribution is 0.467. The summed E-state index contributed by atoms with van der Waals surface area (Å²) in [6.45, 7) is 0.